The number of aromatic nitrogens is 4. The Bertz CT molecular complexity index is 1700. The second-order valence-corrected chi connectivity index (χ2v) is 12.6. The first kappa shape index (κ1) is 36.8. The predicted molar refractivity (Wildman–Crippen MR) is 199 cm³/mol. The summed E-state index contributed by atoms with van der Waals surface area (Å²) in [5.41, 5.74) is 7.60. The molecule has 0 saturated carbocycles. The number of rotatable bonds is 21. The van der Waals surface area contributed by atoms with Crippen LogP contribution in [0.15, 0.2) is 85.1 Å². The molecule has 11 heteroatoms. The van der Waals surface area contributed by atoms with Gasteiger partial charge < -0.3 is 34.6 Å². The van der Waals surface area contributed by atoms with Crippen LogP contribution in [0.5, 0.6) is 17.2 Å². The van der Waals surface area contributed by atoms with E-state index in [4.69, 9.17) is 19.3 Å². The summed E-state index contributed by atoms with van der Waals surface area (Å²) in [5, 5.41) is 18.8. The number of nitrogens with one attached hydrogen (secondary N) is 3. The minimum atomic E-state index is 0.434. The Labute approximate surface area is 296 Å². The van der Waals surface area contributed by atoms with E-state index >= 15 is 0 Å². The van der Waals surface area contributed by atoms with Gasteiger partial charge in [0.1, 0.15) is 17.2 Å². The zero-order valence-electron chi connectivity index (χ0n) is 30.1. The van der Waals surface area contributed by atoms with Crippen molar-refractivity contribution in [2.24, 2.45) is 7.05 Å². The Morgan fingerprint density at radius 1 is 0.760 bits per heavy atom. The van der Waals surface area contributed by atoms with E-state index in [1.807, 2.05) is 86.6 Å². The van der Waals surface area contributed by atoms with Crippen molar-refractivity contribution < 1.29 is 14.2 Å². The molecule has 3 aromatic carbocycles. The summed E-state index contributed by atoms with van der Waals surface area (Å²) in [6.45, 7) is 6.91. The van der Waals surface area contributed by atoms with E-state index in [2.05, 4.69) is 69.0 Å². The molecular weight excluding hydrogens is 628 g/mol. The minimum Gasteiger partial charge on any atom is -0.494 e. The molecule has 5 aromatic rings. The molecule has 0 spiro atoms. The Kier molecular flexibility index (Phi) is 14.0. The molecule has 3 N–H and O–H groups in total. The number of H-pyrrole nitrogens is 1. The number of likely N-dealkylation sites (N-methyl/N-ethyl adjacent to an activating group) is 4. The monoisotopic (exact) mass is 680 g/mol. The number of aromatic amines is 1. The van der Waals surface area contributed by atoms with Crippen LogP contribution in [0.1, 0.15) is 23.2 Å². The van der Waals surface area contributed by atoms with Gasteiger partial charge in [-0.1, -0.05) is 18.2 Å². The van der Waals surface area contributed by atoms with Crippen LogP contribution >= 0.6 is 0 Å². The number of benzene rings is 3. The summed E-state index contributed by atoms with van der Waals surface area (Å²) in [6, 6.07) is 26.2. The largest absolute Gasteiger partial charge is 0.494 e. The topological polar surface area (TPSA) is 105 Å². The van der Waals surface area contributed by atoms with Crippen molar-refractivity contribution in [3.05, 3.63) is 102 Å². The maximum atomic E-state index is 6.16. The summed E-state index contributed by atoms with van der Waals surface area (Å²) in [4.78, 5) is 4.59. The molecule has 0 aliphatic carbocycles. The van der Waals surface area contributed by atoms with Crippen molar-refractivity contribution in [2.45, 2.75) is 26.1 Å². The lowest BCUT2D eigenvalue weighted by atomic mass is 10.0. The van der Waals surface area contributed by atoms with Gasteiger partial charge in [-0.2, -0.15) is 10.2 Å². The van der Waals surface area contributed by atoms with Crippen molar-refractivity contribution in [3.8, 4) is 39.8 Å². The molecule has 11 nitrogen and oxygen atoms in total. The third kappa shape index (κ3) is 10.5. The zero-order valence-corrected chi connectivity index (χ0v) is 30.1. The molecule has 0 aliphatic heterocycles. The number of aryl methyl sites for hydroxylation is 1. The molecule has 50 heavy (non-hydrogen) atoms. The van der Waals surface area contributed by atoms with Crippen LogP contribution in [-0.2, 0) is 31.5 Å². The van der Waals surface area contributed by atoms with Crippen LogP contribution in [0.4, 0.5) is 0 Å². The van der Waals surface area contributed by atoms with E-state index in [1.165, 1.54) is 11.1 Å². The highest BCUT2D eigenvalue weighted by Gasteiger charge is 2.20. The fraction of sp³-hybridized carbons (Fsp3) is 0.385. The average molecular weight is 681 g/mol. The van der Waals surface area contributed by atoms with E-state index in [-0.39, 0.29) is 0 Å². The van der Waals surface area contributed by atoms with E-state index in [0.717, 1.165) is 91.1 Å². The second-order valence-electron chi connectivity index (χ2n) is 12.6. The van der Waals surface area contributed by atoms with Gasteiger partial charge in [0.25, 0.3) is 0 Å². The second kappa shape index (κ2) is 19.0. The van der Waals surface area contributed by atoms with Crippen molar-refractivity contribution >= 4 is 0 Å². The van der Waals surface area contributed by atoms with Crippen LogP contribution in [0.3, 0.4) is 0 Å². The number of ether oxygens (including phenoxy) is 3. The van der Waals surface area contributed by atoms with Crippen molar-refractivity contribution in [3.63, 3.8) is 0 Å². The number of para-hydroxylation sites is 1. The standard InChI is InChI=1S/C39H52N8O3/c1-40-20-22-45(3)27-32-26-42-43-38(32)30-12-16-33(17-13-30)49-25-9-24-48-29-37-36(28-46(4)23-21-41-2)39(47(5)44-37)31-14-18-35(19-15-31)50-34-10-7-6-8-11-34/h6-8,10-19,26,40-41H,9,20-25,27-29H2,1-5H3,(H,42,43). The third-order valence-electron chi connectivity index (χ3n) is 8.49. The predicted octanol–water partition coefficient (Wildman–Crippen LogP) is 5.56. The highest BCUT2D eigenvalue weighted by atomic mass is 16.5. The third-order valence-corrected chi connectivity index (χ3v) is 8.49. The SMILES string of the molecule is CNCCN(C)Cc1cn[nH]c1-c1ccc(OCCCOCc2nn(C)c(-c3ccc(Oc4ccccc4)cc3)c2CN(C)CCNC)cc1. The van der Waals surface area contributed by atoms with Gasteiger partial charge >= 0.3 is 0 Å². The highest BCUT2D eigenvalue weighted by molar-refractivity contribution is 5.66. The first-order chi connectivity index (χ1) is 24.4. The summed E-state index contributed by atoms with van der Waals surface area (Å²) >= 11 is 0. The Morgan fingerprint density at radius 2 is 1.40 bits per heavy atom. The molecule has 2 heterocycles. The van der Waals surface area contributed by atoms with Crippen LogP contribution in [0, 0.1) is 0 Å². The molecule has 0 unspecified atom stereocenters. The van der Waals surface area contributed by atoms with E-state index in [0.29, 0.717) is 19.8 Å². The van der Waals surface area contributed by atoms with Gasteiger partial charge in [0.15, 0.2) is 0 Å². The van der Waals surface area contributed by atoms with Gasteiger partial charge in [-0.25, -0.2) is 0 Å². The van der Waals surface area contributed by atoms with Crippen LogP contribution in [0.25, 0.3) is 22.5 Å². The van der Waals surface area contributed by atoms with E-state index in [1.54, 1.807) is 0 Å². The molecular formula is C39H52N8O3. The summed E-state index contributed by atoms with van der Waals surface area (Å²) in [6.07, 6.45) is 2.68. The van der Waals surface area contributed by atoms with Gasteiger partial charge in [-0.15, -0.1) is 0 Å². The molecule has 0 fully saturated rings. The molecule has 266 valence electrons. The van der Waals surface area contributed by atoms with Crippen LogP contribution < -0.4 is 20.1 Å². The molecule has 0 amide bonds. The minimum absolute atomic E-state index is 0.434. The molecule has 0 radical (unpaired) electrons. The first-order valence-corrected chi connectivity index (χ1v) is 17.3. The summed E-state index contributed by atoms with van der Waals surface area (Å²) in [5.74, 6) is 2.44. The lowest BCUT2D eigenvalue weighted by Gasteiger charge is -2.18. The highest BCUT2D eigenvalue weighted by Crippen LogP contribution is 2.31. The lowest BCUT2D eigenvalue weighted by molar-refractivity contribution is 0.104. The fourth-order valence-corrected chi connectivity index (χ4v) is 5.81. The molecule has 0 bridgehead atoms. The van der Waals surface area contributed by atoms with Gasteiger partial charge in [0.2, 0.25) is 0 Å². The Balaban J connectivity index is 1.14. The molecule has 5 rings (SSSR count). The quantitative estimate of drug-likeness (QED) is 0.0860. The smallest absolute Gasteiger partial charge is 0.127 e. The van der Waals surface area contributed by atoms with Gasteiger partial charge in [-0.05, 0) is 88.9 Å². The van der Waals surface area contributed by atoms with Crippen molar-refractivity contribution in [2.75, 3.05) is 67.6 Å². The molecule has 0 aliphatic rings. The fourth-order valence-electron chi connectivity index (χ4n) is 5.81. The van der Waals surface area contributed by atoms with Crippen LogP contribution in [-0.4, -0.2) is 97.4 Å². The van der Waals surface area contributed by atoms with Crippen molar-refractivity contribution in [1.82, 2.24) is 40.4 Å². The number of hydrogen-bond acceptors (Lipinski definition) is 9. The van der Waals surface area contributed by atoms with E-state index in [9.17, 15) is 0 Å². The molecule has 0 saturated heterocycles. The van der Waals surface area contributed by atoms with Gasteiger partial charge in [0.05, 0.1) is 43.1 Å². The van der Waals surface area contributed by atoms with Gasteiger partial charge in [0, 0.05) is 75.0 Å². The Morgan fingerprint density at radius 3 is 2.10 bits per heavy atom. The maximum Gasteiger partial charge on any atom is 0.127 e. The molecule has 2 aromatic heterocycles. The number of hydrogen-bond donors (Lipinski definition) is 3. The van der Waals surface area contributed by atoms with Gasteiger partial charge in [-0.3, -0.25) is 9.78 Å². The molecule has 0 atom stereocenters. The average Bonchev–Trinajstić information content (AvgIpc) is 3.72. The lowest BCUT2D eigenvalue weighted by Crippen LogP contribution is -2.27. The zero-order chi connectivity index (χ0) is 35.1. The van der Waals surface area contributed by atoms with Crippen LogP contribution in [0.2, 0.25) is 0 Å². The number of nitrogens with zero attached hydrogens (tertiary/aromatic N) is 5. The van der Waals surface area contributed by atoms with Crippen molar-refractivity contribution in [1.29, 1.82) is 0 Å². The summed E-state index contributed by atoms with van der Waals surface area (Å²) < 4.78 is 20.2. The maximum absolute atomic E-state index is 6.16. The summed E-state index contributed by atoms with van der Waals surface area (Å²) in [7, 11) is 10.2. The Hall–Kier alpha value is -4.52. The first-order valence-electron chi connectivity index (χ1n) is 17.3. The van der Waals surface area contributed by atoms with E-state index < -0.39 is 0 Å². The normalized spacial score (nSPS) is 11.5.